The number of primary amides is 1. The Kier molecular flexibility index (Phi) is 2.62. The van der Waals surface area contributed by atoms with Gasteiger partial charge in [0.2, 0.25) is 11.0 Å². The van der Waals surface area contributed by atoms with Gasteiger partial charge in [0.05, 0.1) is 0 Å². The molecular weight excluding hydrogens is 200 g/mol. The zero-order valence-electron chi connectivity index (χ0n) is 7.69. The van der Waals surface area contributed by atoms with Gasteiger partial charge in [-0.2, -0.15) is 4.37 Å². The van der Waals surface area contributed by atoms with Crippen LogP contribution in [0, 0.1) is 0 Å². The van der Waals surface area contributed by atoms with E-state index in [-0.39, 0.29) is 5.91 Å². The van der Waals surface area contributed by atoms with Crippen molar-refractivity contribution in [1.82, 2.24) is 9.36 Å². The number of nitrogens with two attached hydrogens (primary N) is 1. The summed E-state index contributed by atoms with van der Waals surface area (Å²) in [6.07, 6.45) is 2.74. The number of rotatable bonds is 5. The molecule has 0 radical (unpaired) electrons. The van der Waals surface area contributed by atoms with Crippen molar-refractivity contribution in [3.05, 3.63) is 5.82 Å². The maximum absolute atomic E-state index is 10.5. The van der Waals surface area contributed by atoms with Crippen LogP contribution in [0.4, 0.5) is 5.13 Å². The lowest BCUT2D eigenvalue weighted by atomic mass is 10.4. The van der Waals surface area contributed by atoms with Crippen molar-refractivity contribution < 1.29 is 4.79 Å². The van der Waals surface area contributed by atoms with E-state index in [1.165, 1.54) is 24.4 Å². The van der Waals surface area contributed by atoms with Gasteiger partial charge in [-0.15, -0.1) is 0 Å². The van der Waals surface area contributed by atoms with Crippen LogP contribution in [0.1, 0.15) is 31.0 Å². The van der Waals surface area contributed by atoms with Gasteiger partial charge in [-0.25, -0.2) is 4.98 Å². The zero-order valence-corrected chi connectivity index (χ0v) is 8.51. The van der Waals surface area contributed by atoms with E-state index in [0.717, 1.165) is 11.0 Å². The largest absolute Gasteiger partial charge is 0.370 e. The number of hydrogen-bond acceptors (Lipinski definition) is 5. The predicted molar refractivity (Wildman–Crippen MR) is 54.2 cm³/mol. The van der Waals surface area contributed by atoms with Crippen molar-refractivity contribution in [3.8, 4) is 0 Å². The van der Waals surface area contributed by atoms with Crippen LogP contribution < -0.4 is 11.1 Å². The number of anilines is 1. The molecule has 0 aromatic carbocycles. The van der Waals surface area contributed by atoms with Crippen LogP contribution in [0.3, 0.4) is 0 Å². The minimum absolute atomic E-state index is 0.301. The van der Waals surface area contributed by atoms with Gasteiger partial charge < -0.3 is 11.1 Å². The van der Waals surface area contributed by atoms with E-state index in [2.05, 4.69) is 14.7 Å². The number of carbonyl (C=O) groups excluding carboxylic acids is 1. The number of aromatic nitrogens is 2. The maximum atomic E-state index is 10.5. The summed E-state index contributed by atoms with van der Waals surface area (Å²) in [7, 11) is 0. The molecule has 1 saturated carbocycles. The van der Waals surface area contributed by atoms with Gasteiger partial charge in [0.1, 0.15) is 5.82 Å². The van der Waals surface area contributed by atoms with Gasteiger partial charge in [-0.3, -0.25) is 4.79 Å². The first-order valence-electron chi connectivity index (χ1n) is 4.61. The second-order valence-electron chi connectivity index (χ2n) is 3.38. The fraction of sp³-hybridized carbons (Fsp3) is 0.625. The van der Waals surface area contributed by atoms with Crippen LogP contribution >= 0.6 is 11.5 Å². The van der Waals surface area contributed by atoms with Gasteiger partial charge in [0, 0.05) is 30.4 Å². The molecule has 76 valence electrons. The average molecular weight is 212 g/mol. The first-order valence-corrected chi connectivity index (χ1v) is 5.39. The van der Waals surface area contributed by atoms with E-state index in [9.17, 15) is 4.79 Å². The molecule has 14 heavy (non-hydrogen) atoms. The third-order valence-electron chi connectivity index (χ3n) is 2.03. The lowest BCUT2D eigenvalue weighted by Gasteiger charge is -1.97. The van der Waals surface area contributed by atoms with Gasteiger partial charge in [0.15, 0.2) is 0 Å². The molecule has 1 aromatic rings. The third-order valence-corrected chi connectivity index (χ3v) is 2.72. The maximum Gasteiger partial charge on any atom is 0.219 e. The Hall–Kier alpha value is -1.17. The van der Waals surface area contributed by atoms with Crippen LogP contribution in [0.15, 0.2) is 0 Å². The van der Waals surface area contributed by atoms with Crippen molar-refractivity contribution in [2.75, 3.05) is 11.9 Å². The highest BCUT2D eigenvalue weighted by atomic mass is 32.1. The Morgan fingerprint density at radius 1 is 1.64 bits per heavy atom. The van der Waals surface area contributed by atoms with Crippen LogP contribution in [0.5, 0.6) is 0 Å². The Morgan fingerprint density at radius 3 is 3.07 bits per heavy atom. The highest BCUT2D eigenvalue weighted by Crippen LogP contribution is 2.39. The predicted octanol–water partition coefficient (Wildman–Crippen LogP) is 0.703. The van der Waals surface area contributed by atoms with E-state index in [1.54, 1.807) is 0 Å². The summed E-state index contributed by atoms with van der Waals surface area (Å²) in [6, 6.07) is 0. The van der Waals surface area contributed by atoms with Crippen LogP contribution in [0.2, 0.25) is 0 Å². The topological polar surface area (TPSA) is 80.9 Å². The van der Waals surface area contributed by atoms with E-state index >= 15 is 0 Å². The summed E-state index contributed by atoms with van der Waals surface area (Å²) < 4.78 is 4.23. The van der Waals surface area contributed by atoms with E-state index < -0.39 is 0 Å². The van der Waals surface area contributed by atoms with Gasteiger partial charge >= 0.3 is 0 Å². The van der Waals surface area contributed by atoms with Crippen molar-refractivity contribution in [2.45, 2.75) is 25.2 Å². The monoisotopic (exact) mass is 212 g/mol. The zero-order chi connectivity index (χ0) is 9.97. The van der Waals surface area contributed by atoms with Crippen molar-refractivity contribution >= 4 is 22.6 Å². The normalized spacial score (nSPS) is 15.4. The minimum Gasteiger partial charge on any atom is -0.370 e. The van der Waals surface area contributed by atoms with E-state index in [1.807, 2.05) is 0 Å². The molecule has 3 N–H and O–H groups in total. The molecule has 1 amide bonds. The first-order chi connectivity index (χ1) is 6.75. The SMILES string of the molecule is NC(=O)CCNc1nc(C2CC2)ns1. The van der Waals surface area contributed by atoms with Gasteiger partial charge in [0.25, 0.3) is 0 Å². The molecule has 1 aromatic heterocycles. The molecule has 2 rings (SSSR count). The Morgan fingerprint density at radius 2 is 2.43 bits per heavy atom. The Bertz CT molecular complexity index is 334. The second-order valence-corrected chi connectivity index (χ2v) is 4.13. The molecule has 1 aliphatic carbocycles. The molecule has 1 aliphatic rings. The summed E-state index contributed by atoms with van der Waals surface area (Å²) in [6.45, 7) is 0.536. The number of nitrogens with one attached hydrogen (secondary N) is 1. The molecule has 0 spiro atoms. The minimum atomic E-state index is -0.301. The second kappa shape index (κ2) is 3.91. The van der Waals surface area contributed by atoms with Crippen molar-refractivity contribution in [2.24, 2.45) is 5.73 Å². The highest BCUT2D eigenvalue weighted by molar-refractivity contribution is 7.09. The molecule has 1 heterocycles. The van der Waals surface area contributed by atoms with Crippen LogP contribution in [-0.4, -0.2) is 21.8 Å². The first kappa shape index (κ1) is 9.39. The number of carbonyl (C=O) groups is 1. The quantitative estimate of drug-likeness (QED) is 0.753. The molecular formula is C8H12N4OS. The molecule has 0 unspecified atom stereocenters. The van der Waals surface area contributed by atoms with E-state index in [4.69, 9.17) is 5.73 Å². The standard InChI is InChI=1S/C8H12N4OS/c9-6(13)3-4-10-8-11-7(12-14-8)5-1-2-5/h5H,1-4H2,(H2,9,13)(H,10,11,12). The summed E-state index contributed by atoms with van der Waals surface area (Å²) in [5.74, 6) is 1.22. The molecule has 0 bridgehead atoms. The van der Waals surface area contributed by atoms with Gasteiger partial charge in [-0.05, 0) is 12.8 Å². The summed E-state index contributed by atoms with van der Waals surface area (Å²) in [5.41, 5.74) is 5.01. The Labute approximate surface area is 85.9 Å². The lowest BCUT2D eigenvalue weighted by Crippen LogP contribution is -2.15. The van der Waals surface area contributed by atoms with Crippen LogP contribution in [-0.2, 0) is 4.79 Å². The van der Waals surface area contributed by atoms with Crippen molar-refractivity contribution in [1.29, 1.82) is 0 Å². The summed E-state index contributed by atoms with van der Waals surface area (Å²) >= 11 is 1.35. The lowest BCUT2D eigenvalue weighted by molar-refractivity contribution is -0.117. The summed E-state index contributed by atoms with van der Waals surface area (Å²) in [5, 5.41) is 3.81. The molecule has 0 aliphatic heterocycles. The fourth-order valence-corrected chi connectivity index (χ4v) is 1.78. The summed E-state index contributed by atoms with van der Waals surface area (Å²) in [4.78, 5) is 14.8. The molecule has 1 fully saturated rings. The third kappa shape index (κ3) is 2.41. The number of amides is 1. The van der Waals surface area contributed by atoms with Crippen LogP contribution in [0.25, 0.3) is 0 Å². The smallest absolute Gasteiger partial charge is 0.219 e. The molecule has 0 saturated heterocycles. The number of hydrogen-bond donors (Lipinski definition) is 2. The average Bonchev–Trinajstić information content (AvgIpc) is 2.87. The van der Waals surface area contributed by atoms with Crippen molar-refractivity contribution in [3.63, 3.8) is 0 Å². The molecule has 0 atom stereocenters. The fourth-order valence-electron chi connectivity index (χ4n) is 1.11. The Balaban J connectivity index is 1.80. The van der Waals surface area contributed by atoms with E-state index in [0.29, 0.717) is 18.9 Å². The molecule has 6 heteroatoms. The molecule has 5 nitrogen and oxygen atoms in total. The number of nitrogens with zero attached hydrogens (tertiary/aromatic N) is 2. The van der Waals surface area contributed by atoms with Gasteiger partial charge in [-0.1, -0.05) is 0 Å². The highest BCUT2D eigenvalue weighted by Gasteiger charge is 2.27.